The third-order valence-electron chi connectivity index (χ3n) is 3.16. The zero-order valence-corrected chi connectivity index (χ0v) is 13.3. The van der Waals surface area contributed by atoms with E-state index in [0.717, 1.165) is 37.2 Å². The van der Waals surface area contributed by atoms with E-state index in [1.54, 1.807) is 7.11 Å². The van der Waals surface area contributed by atoms with Crippen molar-refractivity contribution < 1.29 is 9.47 Å². The van der Waals surface area contributed by atoms with E-state index in [1.165, 1.54) is 0 Å². The third-order valence-corrected chi connectivity index (χ3v) is 3.16. The van der Waals surface area contributed by atoms with Gasteiger partial charge in [0.2, 0.25) is 0 Å². The summed E-state index contributed by atoms with van der Waals surface area (Å²) in [5, 5.41) is 3.48. The van der Waals surface area contributed by atoms with Crippen LogP contribution < -0.4 is 10.1 Å². The highest BCUT2D eigenvalue weighted by Gasteiger charge is 2.08. The summed E-state index contributed by atoms with van der Waals surface area (Å²) >= 11 is 0. The van der Waals surface area contributed by atoms with Crippen LogP contribution in [0, 0.1) is 5.92 Å². The first-order valence-electron chi connectivity index (χ1n) is 7.61. The van der Waals surface area contributed by atoms with Crippen molar-refractivity contribution in [1.29, 1.82) is 0 Å². The van der Waals surface area contributed by atoms with E-state index in [2.05, 4.69) is 32.2 Å². The predicted molar refractivity (Wildman–Crippen MR) is 84.2 cm³/mol. The molecule has 114 valence electrons. The Morgan fingerprint density at radius 2 is 2.00 bits per heavy atom. The van der Waals surface area contributed by atoms with Gasteiger partial charge < -0.3 is 14.8 Å². The molecule has 0 saturated heterocycles. The third kappa shape index (κ3) is 6.92. The molecule has 3 heteroatoms. The maximum absolute atomic E-state index is 6.03. The molecule has 1 rings (SSSR count). The summed E-state index contributed by atoms with van der Waals surface area (Å²) in [7, 11) is 1.69. The average molecular weight is 279 g/mol. The molecule has 0 spiro atoms. The molecule has 20 heavy (non-hydrogen) atoms. The first kappa shape index (κ1) is 17.0. The minimum absolute atomic E-state index is 0.282. The Kier molecular flexibility index (Phi) is 8.31. The van der Waals surface area contributed by atoms with E-state index >= 15 is 0 Å². The first-order valence-corrected chi connectivity index (χ1v) is 7.61. The van der Waals surface area contributed by atoms with Crippen LogP contribution in [0.5, 0.6) is 5.75 Å². The molecule has 3 nitrogen and oxygen atoms in total. The molecule has 0 bridgehead atoms. The highest BCUT2D eigenvalue weighted by molar-refractivity contribution is 5.27. The summed E-state index contributed by atoms with van der Waals surface area (Å²) in [4.78, 5) is 0. The molecule has 0 aromatic heterocycles. The molecule has 0 aliphatic heterocycles. The fourth-order valence-electron chi connectivity index (χ4n) is 2.08. The van der Waals surface area contributed by atoms with Crippen molar-refractivity contribution in [2.75, 3.05) is 20.2 Å². The van der Waals surface area contributed by atoms with Crippen molar-refractivity contribution in [1.82, 2.24) is 5.32 Å². The van der Waals surface area contributed by atoms with Gasteiger partial charge in [-0.1, -0.05) is 39.3 Å². The van der Waals surface area contributed by atoms with Gasteiger partial charge in [-0.3, -0.25) is 0 Å². The van der Waals surface area contributed by atoms with Gasteiger partial charge >= 0.3 is 0 Å². The van der Waals surface area contributed by atoms with Gasteiger partial charge in [-0.2, -0.15) is 0 Å². The van der Waals surface area contributed by atoms with Gasteiger partial charge in [-0.25, -0.2) is 0 Å². The van der Waals surface area contributed by atoms with Crippen molar-refractivity contribution in [3.05, 3.63) is 29.8 Å². The van der Waals surface area contributed by atoms with Gasteiger partial charge in [0.25, 0.3) is 0 Å². The Labute approximate surface area is 123 Å². The van der Waals surface area contributed by atoms with E-state index in [4.69, 9.17) is 9.47 Å². The summed E-state index contributed by atoms with van der Waals surface area (Å²) in [6.45, 7) is 9.26. The molecule has 1 unspecified atom stereocenters. The van der Waals surface area contributed by atoms with Crippen LogP contribution in [0.1, 0.15) is 39.2 Å². The van der Waals surface area contributed by atoms with Crippen LogP contribution in [-0.4, -0.2) is 26.3 Å². The molecule has 0 saturated carbocycles. The highest BCUT2D eigenvalue weighted by Crippen LogP contribution is 2.14. The Morgan fingerprint density at radius 3 is 2.65 bits per heavy atom. The monoisotopic (exact) mass is 279 g/mol. The number of hydrogen-bond acceptors (Lipinski definition) is 3. The Morgan fingerprint density at radius 1 is 1.20 bits per heavy atom. The highest BCUT2D eigenvalue weighted by atomic mass is 16.5. The normalized spacial score (nSPS) is 12.7. The average Bonchev–Trinajstić information content (AvgIpc) is 2.44. The number of nitrogens with one attached hydrogen (secondary N) is 1. The summed E-state index contributed by atoms with van der Waals surface area (Å²) < 4.78 is 11.3. The van der Waals surface area contributed by atoms with Crippen LogP contribution in [0.4, 0.5) is 0 Å². The van der Waals surface area contributed by atoms with Gasteiger partial charge in [0.05, 0.1) is 19.8 Å². The molecule has 0 amide bonds. The maximum atomic E-state index is 6.03. The van der Waals surface area contributed by atoms with E-state index < -0.39 is 0 Å². The Hall–Kier alpha value is -1.06. The Bertz CT molecular complexity index is 366. The lowest BCUT2D eigenvalue weighted by atomic mass is 10.2. The summed E-state index contributed by atoms with van der Waals surface area (Å²) in [5.41, 5.74) is 1.16. The topological polar surface area (TPSA) is 30.5 Å². The van der Waals surface area contributed by atoms with Gasteiger partial charge in [0.1, 0.15) is 5.75 Å². The van der Waals surface area contributed by atoms with Crippen molar-refractivity contribution in [3.8, 4) is 5.75 Å². The number of hydrogen-bond donors (Lipinski definition) is 1. The summed E-state index contributed by atoms with van der Waals surface area (Å²) in [6, 6.07) is 8.07. The van der Waals surface area contributed by atoms with E-state index in [1.807, 2.05) is 18.2 Å². The number of rotatable bonds is 10. The predicted octanol–water partition coefficient (Wildman–Crippen LogP) is 3.63. The molecular weight excluding hydrogens is 250 g/mol. The second-order valence-corrected chi connectivity index (χ2v) is 5.63. The molecule has 0 heterocycles. The lowest BCUT2D eigenvalue weighted by Gasteiger charge is -2.19. The van der Waals surface area contributed by atoms with Crippen molar-refractivity contribution in [3.63, 3.8) is 0 Å². The second kappa shape index (κ2) is 9.78. The second-order valence-electron chi connectivity index (χ2n) is 5.63. The quantitative estimate of drug-likeness (QED) is 0.709. The van der Waals surface area contributed by atoms with E-state index in [-0.39, 0.29) is 6.10 Å². The van der Waals surface area contributed by atoms with Crippen LogP contribution >= 0.6 is 0 Å². The SMILES string of the molecule is CCCC(CNCC(C)C)OCc1cccc(OC)c1. The zero-order valence-electron chi connectivity index (χ0n) is 13.3. The van der Waals surface area contributed by atoms with Crippen molar-refractivity contribution in [2.45, 2.75) is 46.3 Å². The van der Waals surface area contributed by atoms with Gasteiger partial charge in [-0.05, 0) is 36.6 Å². The Balaban J connectivity index is 2.40. The largest absolute Gasteiger partial charge is 0.497 e. The molecule has 0 aliphatic rings. The van der Waals surface area contributed by atoms with Crippen molar-refractivity contribution >= 4 is 0 Å². The molecule has 1 aromatic rings. The van der Waals surface area contributed by atoms with Crippen LogP contribution in [0.2, 0.25) is 0 Å². The minimum atomic E-state index is 0.282. The minimum Gasteiger partial charge on any atom is -0.497 e. The lowest BCUT2D eigenvalue weighted by Crippen LogP contribution is -2.31. The smallest absolute Gasteiger partial charge is 0.119 e. The number of ether oxygens (including phenoxy) is 2. The number of methoxy groups -OCH3 is 1. The molecule has 1 atom stereocenters. The van der Waals surface area contributed by atoms with E-state index in [0.29, 0.717) is 12.5 Å². The molecule has 1 N–H and O–H groups in total. The van der Waals surface area contributed by atoms with Gasteiger partial charge in [0, 0.05) is 6.54 Å². The lowest BCUT2D eigenvalue weighted by molar-refractivity contribution is 0.0344. The molecule has 1 aromatic carbocycles. The van der Waals surface area contributed by atoms with Gasteiger partial charge in [-0.15, -0.1) is 0 Å². The van der Waals surface area contributed by atoms with E-state index in [9.17, 15) is 0 Å². The van der Waals surface area contributed by atoms with Crippen LogP contribution in [0.3, 0.4) is 0 Å². The molecule has 0 fully saturated rings. The van der Waals surface area contributed by atoms with Crippen LogP contribution in [0.15, 0.2) is 24.3 Å². The summed E-state index contributed by atoms with van der Waals surface area (Å²) in [5.74, 6) is 1.56. The maximum Gasteiger partial charge on any atom is 0.119 e. The summed E-state index contributed by atoms with van der Waals surface area (Å²) in [6.07, 6.45) is 2.52. The number of benzene rings is 1. The molecule has 0 radical (unpaired) electrons. The fourth-order valence-corrected chi connectivity index (χ4v) is 2.08. The first-order chi connectivity index (χ1) is 9.65. The zero-order chi connectivity index (χ0) is 14.8. The molecule has 0 aliphatic carbocycles. The fraction of sp³-hybridized carbons (Fsp3) is 0.647. The standard InChI is InChI=1S/C17H29NO2/c1-5-7-17(12-18-11-14(2)3)20-13-15-8-6-9-16(10-15)19-4/h6,8-10,14,17-18H,5,7,11-13H2,1-4H3. The van der Waals surface area contributed by atoms with Crippen LogP contribution in [-0.2, 0) is 11.3 Å². The van der Waals surface area contributed by atoms with Crippen LogP contribution in [0.25, 0.3) is 0 Å². The molecular formula is C17H29NO2. The van der Waals surface area contributed by atoms with Gasteiger partial charge in [0.15, 0.2) is 0 Å². The van der Waals surface area contributed by atoms with Crippen molar-refractivity contribution in [2.24, 2.45) is 5.92 Å².